The highest BCUT2D eigenvalue weighted by Gasteiger charge is 2.58. The lowest BCUT2D eigenvalue weighted by Crippen LogP contribution is -2.62. The molecule has 2 aromatic carbocycles. The SMILES string of the molecule is CC(O)(C(=O)NCC(F)(F)C(F)(F)F)C(=O)N[C@H]1CN(C(=O)OCC(F)(F)F)c2ccccc2N(CCOCc2ccccc2)C1=O. The minimum Gasteiger partial charge on any atom is -0.439 e. The van der Waals surface area contributed by atoms with Gasteiger partial charge in [0.25, 0.3) is 17.7 Å². The number of alkyl halides is 8. The molecule has 1 aliphatic heterocycles. The number of rotatable bonds is 11. The Morgan fingerprint density at radius 1 is 0.915 bits per heavy atom. The first-order chi connectivity index (χ1) is 21.7. The van der Waals surface area contributed by atoms with Crippen molar-refractivity contribution < 1.29 is 68.9 Å². The number of para-hydroxylation sites is 2. The summed E-state index contributed by atoms with van der Waals surface area (Å²) < 4.78 is 113. The average Bonchev–Trinajstić information content (AvgIpc) is 3.10. The normalized spacial score (nSPS) is 16.9. The van der Waals surface area contributed by atoms with Gasteiger partial charge in [0, 0.05) is 6.54 Å². The van der Waals surface area contributed by atoms with Gasteiger partial charge in [0.05, 0.1) is 37.7 Å². The smallest absolute Gasteiger partial charge is 0.439 e. The second kappa shape index (κ2) is 14.5. The number of fused-ring (bicyclic) bond motifs is 1. The minimum atomic E-state index is -6.07. The van der Waals surface area contributed by atoms with Crippen LogP contribution in [0, 0.1) is 0 Å². The van der Waals surface area contributed by atoms with Gasteiger partial charge < -0.3 is 30.1 Å². The zero-order chi connectivity index (χ0) is 35.2. The quantitative estimate of drug-likeness (QED) is 0.188. The van der Waals surface area contributed by atoms with Gasteiger partial charge in [-0.1, -0.05) is 42.5 Å². The van der Waals surface area contributed by atoms with E-state index in [1.807, 2.05) is 5.32 Å². The lowest BCUT2D eigenvalue weighted by Gasteiger charge is -2.29. The van der Waals surface area contributed by atoms with Gasteiger partial charge in [0.1, 0.15) is 6.04 Å². The minimum absolute atomic E-state index is 0.0413. The number of benzene rings is 2. The first kappa shape index (κ1) is 36.9. The van der Waals surface area contributed by atoms with E-state index >= 15 is 0 Å². The summed E-state index contributed by atoms with van der Waals surface area (Å²) in [5, 5.41) is 13.5. The van der Waals surface area contributed by atoms with Gasteiger partial charge in [0.15, 0.2) is 6.61 Å². The molecule has 11 nitrogen and oxygen atoms in total. The molecule has 2 aromatic rings. The van der Waals surface area contributed by atoms with Crippen molar-refractivity contribution in [1.29, 1.82) is 0 Å². The van der Waals surface area contributed by atoms with E-state index in [0.717, 1.165) is 15.8 Å². The zero-order valence-corrected chi connectivity index (χ0v) is 24.3. The maximum absolute atomic E-state index is 13.7. The largest absolute Gasteiger partial charge is 0.455 e. The first-order valence-corrected chi connectivity index (χ1v) is 13.5. The predicted octanol–water partition coefficient (Wildman–Crippen LogP) is 3.30. The summed E-state index contributed by atoms with van der Waals surface area (Å²) in [6, 6.07) is 12.2. The van der Waals surface area contributed by atoms with Crippen LogP contribution in [0.25, 0.3) is 0 Å². The maximum atomic E-state index is 13.7. The van der Waals surface area contributed by atoms with Crippen LogP contribution in [0.15, 0.2) is 54.6 Å². The van der Waals surface area contributed by atoms with E-state index in [1.165, 1.54) is 24.3 Å². The summed E-state index contributed by atoms with van der Waals surface area (Å²) in [7, 11) is 0. The number of carbonyl (C=O) groups is 4. The summed E-state index contributed by atoms with van der Waals surface area (Å²) in [6.45, 7) is -5.17. The Bertz CT molecular complexity index is 1440. The Kier molecular flexibility index (Phi) is 11.4. The topological polar surface area (TPSA) is 138 Å². The Morgan fingerprint density at radius 2 is 1.51 bits per heavy atom. The van der Waals surface area contributed by atoms with E-state index in [1.54, 1.807) is 30.3 Å². The second-order valence-corrected chi connectivity index (χ2v) is 10.3. The molecule has 0 radical (unpaired) electrons. The molecule has 1 aliphatic rings. The fourth-order valence-corrected chi connectivity index (χ4v) is 4.10. The lowest BCUT2D eigenvalue weighted by atomic mass is 10.0. The number of halogens is 8. The molecule has 258 valence electrons. The fraction of sp³-hybridized carbons (Fsp3) is 0.429. The third-order valence-corrected chi connectivity index (χ3v) is 6.62. The van der Waals surface area contributed by atoms with Gasteiger partial charge in [-0.3, -0.25) is 19.3 Å². The van der Waals surface area contributed by atoms with Crippen LogP contribution in [0.4, 0.5) is 51.3 Å². The van der Waals surface area contributed by atoms with Gasteiger partial charge in [-0.05, 0) is 24.6 Å². The summed E-state index contributed by atoms with van der Waals surface area (Å²) in [5.74, 6) is -10.2. The zero-order valence-electron chi connectivity index (χ0n) is 24.3. The number of ether oxygens (including phenoxy) is 2. The van der Waals surface area contributed by atoms with Crippen molar-refractivity contribution in [3.8, 4) is 0 Å². The second-order valence-electron chi connectivity index (χ2n) is 10.3. The van der Waals surface area contributed by atoms with Crippen molar-refractivity contribution in [2.24, 2.45) is 0 Å². The molecule has 19 heteroatoms. The Balaban J connectivity index is 1.88. The van der Waals surface area contributed by atoms with Crippen LogP contribution in [-0.4, -0.2) is 91.7 Å². The summed E-state index contributed by atoms with van der Waals surface area (Å²) in [4.78, 5) is 53.5. The molecule has 3 N–H and O–H groups in total. The third-order valence-electron chi connectivity index (χ3n) is 6.62. The van der Waals surface area contributed by atoms with Crippen LogP contribution >= 0.6 is 0 Å². The molecule has 1 unspecified atom stereocenters. The molecule has 0 fully saturated rings. The molecule has 0 spiro atoms. The van der Waals surface area contributed by atoms with E-state index in [-0.39, 0.29) is 31.1 Å². The molecule has 0 saturated heterocycles. The van der Waals surface area contributed by atoms with Crippen molar-refractivity contribution in [1.82, 2.24) is 10.6 Å². The summed E-state index contributed by atoms with van der Waals surface area (Å²) in [5.41, 5.74) is -2.77. The molecule has 0 saturated carbocycles. The van der Waals surface area contributed by atoms with Crippen LogP contribution in [0.1, 0.15) is 12.5 Å². The molecule has 0 bridgehead atoms. The number of hydrogen-bond donors (Lipinski definition) is 3. The van der Waals surface area contributed by atoms with Crippen molar-refractivity contribution in [3.63, 3.8) is 0 Å². The molecule has 0 aliphatic carbocycles. The standard InChI is InChI=1S/C28H28F8N4O7/c1-25(45,22(42)37-15-26(29,30)28(34,35)36)23(43)38-18-13-40(24(44)47-16-27(31,32)33)20-10-6-5-9-19(20)39(21(18)41)11-12-46-14-17-7-3-2-4-8-17/h2-10,18,45H,11-16H2,1H3,(H,37,42)(H,38,43)/t18-,25?/m0/s1. The van der Waals surface area contributed by atoms with E-state index in [0.29, 0.717) is 11.8 Å². The average molecular weight is 685 g/mol. The van der Waals surface area contributed by atoms with Crippen molar-refractivity contribution in [2.45, 2.75) is 43.4 Å². The van der Waals surface area contributed by atoms with E-state index < -0.39 is 73.4 Å². The van der Waals surface area contributed by atoms with Gasteiger partial charge in [-0.15, -0.1) is 0 Å². The van der Waals surface area contributed by atoms with Gasteiger partial charge >= 0.3 is 24.4 Å². The number of nitrogens with one attached hydrogen (secondary N) is 2. The first-order valence-electron chi connectivity index (χ1n) is 13.5. The summed E-state index contributed by atoms with van der Waals surface area (Å²) >= 11 is 0. The number of nitrogens with zero attached hydrogens (tertiary/aromatic N) is 2. The number of amides is 4. The Morgan fingerprint density at radius 3 is 2.11 bits per heavy atom. The number of aliphatic hydroxyl groups is 1. The van der Waals surface area contributed by atoms with Crippen LogP contribution < -0.4 is 20.4 Å². The van der Waals surface area contributed by atoms with E-state index in [4.69, 9.17) is 4.74 Å². The highest BCUT2D eigenvalue weighted by Crippen LogP contribution is 2.35. The molecular formula is C28H28F8N4O7. The molecule has 3 rings (SSSR count). The highest BCUT2D eigenvalue weighted by molar-refractivity contribution is 6.11. The van der Waals surface area contributed by atoms with Gasteiger partial charge in [-0.2, -0.15) is 35.1 Å². The van der Waals surface area contributed by atoms with E-state index in [9.17, 15) is 59.4 Å². The van der Waals surface area contributed by atoms with Gasteiger partial charge in [-0.25, -0.2) is 4.79 Å². The highest BCUT2D eigenvalue weighted by atomic mass is 19.4. The summed E-state index contributed by atoms with van der Waals surface area (Å²) in [6.07, 6.45) is -12.6. The third kappa shape index (κ3) is 9.50. The van der Waals surface area contributed by atoms with Crippen LogP contribution in [0.3, 0.4) is 0 Å². The fourth-order valence-electron chi connectivity index (χ4n) is 4.10. The van der Waals surface area contributed by atoms with Crippen molar-refractivity contribution >= 4 is 35.2 Å². The number of hydrogen-bond acceptors (Lipinski definition) is 7. The maximum Gasteiger partial charge on any atom is 0.455 e. The monoisotopic (exact) mass is 684 g/mol. The molecule has 1 heterocycles. The molecule has 0 aromatic heterocycles. The predicted molar refractivity (Wildman–Crippen MR) is 146 cm³/mol. The van der Waals surface area contributed by atoms with Crippen molar-refractivity contribution in [3.05, 3.63) is 60.2 Å². The number of anilines is 2. The molecule has 4 amide bonds. The Hall–Kier alpha value is -4.52. The Labute approximate surface area is 261 Å². The van der Waals surface area contributed by atoms with Crippen LogP contribution in [0.5, 0.6) is 0 Å². The molecule has 47 heavy (non-hydrogen) atoms. The van der Waals surface area contributed by atoms with E-state index in [2.05, 4.69) is 4.74 Å². The van der Waals surface area contributed by atoms with Crippen molar-refractivity contribution in [2.75, 3.05) is 42.6 Å². The lowest BCUT2D eigenvalue weighted by molar-refractivity contribution is -0.278. The number of carbonyl (C=O) groups excluding carboxylic acids is 4. The van der Waals surface area contributed by atoms with Crippen LogP contribution in [-0.2, 0) is 30.5 Å². The molecule has 2 atom stereocenters. The molecular weight excluding hydrogens is 656 g/mol. The van der Waals surface area contributed by atoms with Gasteiger partial charge in [0.2, 0.25) is 5.60 Å². The van der Waals surface area contributed by atoms with Crippen LogP contribution in [0.2, 0.25) is 0 Å².